The third kappa shape index (κ3) is 54.7. The van der Waals surface area contributed by atoms with Crippen LogP contribution in [0.5, 0.6) is 0 Å². The van der Waals surface area contributed by atoms with Crippen LogP contribution in [-0.4, -0.2) is 190 Å². The minimum absolute atomic E-state index is 0.0294. The average molecular weight is 1070 g/mol. The van der Waals surface area contributed by atoms with Crippen molar-refractivity contribution in [2.75, 3.05) is 132 Å². The number of carbonyl (C=O) groups is 6. The van der Waals surface area contributed by atoms with E-state index in [-0.39, 0.29) is 82.7 Å². The summed E-state index contributed by atoms with van der Waals surface area (Å²) < 4.78 is 59.0. The zero-order valence-electron chi connectivity index (χ0n) is 46.3. The fourth-order valence-electron chi connectivity index (χ4n) is 6.76. The van der Waals surface area contributed by atoms with Crippen molar-refractivity contribution in [3.05, 3.63) is 0 Å². The number of aliphatic carboxylic acids is 1. The second kappa shape index (κ2) is 49.1. The number of carbonyl (C=O) groups excluding carboxylic acids is 5. The number of esters is 2. The summed E-state index contributed by atoms with van der Waals surface area (Å²) in [6.07, 6.45) is 16.6. The van der Waals surface area contributed by atoms with E-state index in [0.29, 0.717) is 98.7 Å². The van der Waals surface area contributed by atoms with Gasteiger partial charge >= 0.3 is 17.9 Å². The quantitative estimate of drug-likeness (QED) is 0.0424. The minimum Gasteiger partial charge on any atom is -0.480 e. The van der Waals surface area contributed by atoms with Gasteiger partial charge in [-0.3, -0.25) is 19.2 Å². The van der Waals surface area contributed by atoms with Crippen LogP contribution in [0, 0.1) is 0 Å². The maximum Gasteiger partial charge on any atom is 0.329 e. The molecule has 0 aliphatic heterocycles. The van der Waals surface area contributed by atoms with E-state index >= 15 is 0 Å². The maximum absolute atomic E-state index is 12.9. The standard InChI is InChI=1S/C53H99N3O18/c1-52(2,3)73-50(62)22-20-18-16-14-12-10-8-7-9-11-13-15-17-19-21-47(58)56-45(51(63)74-53(4,5)6)23-24-46(57)54-25-27-64-30-32-69-39-41-71-43-48(59)55-26-28-65-29-31-66-33-34-67-35-36-68-37-38-70-40-42-72-44-49(60)61/h45H,7-44H2,1-6H3,(H,54,57)(H,55,59)(H,56,58)(H,60,61). The highest BCUT2D eigenvalue weighted by Crippen LogP contribution is 2.16. The second-order valence-electron chi connectivity index (χ2n) is 19.7. The normalized spacial score (nSPS) is 12.1. The molecule has 0 heterocycles. The van der Waals surface area contributed by atoms with Gasteiger partial charge in [0.05, 0.1) is 106 Å². The molecule has 0 aliphatic rings. The second-order valence-corrected chi connectivity index (χ2v) is 19.7. The molecule has 0 rings (SSSR count). The van der Waals surface area contributed by atoms with E-state index in [9.17, 15) is 28.8 Å². The fraction of sp³-hybridized carbons (Fsp3) is 0.887. The Bertz CT molecular complexity index is 1410. The zero-order chi connectivity index (χ0) is 54.8. The SMILES string of the molecule is CC(C)(C)OC(=O)CCCCCCCCCCCCCCCCC(=O)NC(CCC(=O)NCCOCCOCCOCC(=O)NCCOCCOCCOCCOCCOCCOCC(=O)O)C(=O)OC(C)(C)C. The molecule has 1 atom stereocenters. The number of rotatable bonds is 53. The Morgan fingerprint density at radius 1 is 0.378 bits per heavy atom. The van der Waals surface area contributed by atoms with Crippen molar-refractivity contribution < 1.29 is 86.0 Å². The number of carboxylic acid groups (broad SMARTS) is 1. The van der Waals surface area contributed by atoms with Crippen LogP contribution < -0.4 is 16.0 Å². The first-order valence-electron chi connectivity index (χ1n) is 27.2. The molecule has 0 aromatic heterocycles. The van der Waals surface area contributed by atoms with E-state index in [1.807, 2.05) is 20.8 Å². The predicted octanol–water partition coefficient (Wildman–Crippen LogP) is 5.64. The van der Waals surface area contributed by atoms with Gasteiger partial charge in [-0.05, 0) is 60.8 Å². The highest BCUT2D eigenvalue weighted by Gasteiger charge is 2.27. The number of hydrogen-bond acceptors (Lipinski definition) is 17. The maximum atomic E-state index is 12.9. The van der Waals surface area contributed by atoms with Crippen molar-refractivity contribution in [3.8, 4) is 0 Å². The molecule has 0 spiro atoms. The Morgan fingerprint density at radius 3 is 1.11 bits per heavy atom. The van der Waals surface area contributed by atoms with Gasteiger partial charge in [-0.1, -0.05) is 77.0 Å². The third-order valence-corrected chi connectivity index (χ3v) is 10.3. The predicted molar refractivity (Wildman–Crippen MR) is 278 cm³/mol. The van der Waals surface area contributed by atoms with Gasteiger partial charge in [-0.2, -0.15) is 0 Å². The van der Waals surface area contributed by atoms with Crippen LogP contribution in [0.4, 0.5) is 0 Å². The summed E-state index contributed by atoms with van der Waals surface area (Å²) in [6.45, 7) is 16.6. The molecule has 1 unspecified atom stereocenters. The molecule has 21 heteroatoms. The highest BCUT2D eigenvalue weighted by atomic mass is 16.6. The van der Waals surface area contributed by atoms with Crippen LogP contribution in [0.2, 0.25) is 0 Å². The van der Waals surface area contributed by atoms with E-state index < -0.39 is 29.2 Å². The van der Waals surface area contributed by atoms with Gasteiger partial charge in [-0.15, -0.1) is 0 Å². The van der Waals surface area contributed by atoms with Crippen LogP contribution in [0.3, 0.4) is 0 Å². The minimum atomic E-state index is -1.01. The topological polar surface area (TPSA) is 260 Å². The molecule has 0 bridgehead atoms. The first-order valence-corrected chi connectivity index (χ1v) is 27.2. The first kappa shape index (κ1) is 70.5. The van der Waals surface area contributed by atoms with Gasteiger partial charge < -0.3 is 73.2 Å². The van der Waals surface area contributed by atoms with Gasteiger partial charge in [0.1, 0.15) is 30.5 Å². The van der Waals surface area contributed by atoms with E-state index in [1.165, 1.54) is 51.4 Å². The lowest BCUT2D eigenvalue weighted by Gasteiger charge is -2.24. The summed E-state index contributed by atoms with van der Waals surface area (Å²) in [5.41, 5.74) is -1.15. The van der Waals surface area contributed by atoms with Crippen molar-refractivity contribution in [3.63, 3.8) is 0 Å². The zero-order valence-corrected chi connectivity index (χ0v) is 46.3. The molecule has 0 aromatic rings. The molecule has 74 heavy (non-hydrogen) atoms. The average Bonchev–Trinajstić information content (AvgIpc) is 3.32. The lowest BCUT2D eigenvalue weighted by atomic mass is 10.0. The molecule has 0 fully saturated rings. The smallest absolute Gasteiger partial charge is 0.329 e. The van der Waals surface area contributed by atoms with Crippen molar-refractivity contribution in [2.24, 2.45) is 0 Å². The summed E-state index contributed by atoms with van der Waals surface area (Å²) >= 11 is 0. The summed E-state index contributed by atoms with van der Waals surface area (Å²) in [5, 5.41) is 16.7. The van der Waals surface area contributed by atoms with Crippen LogP contribution in [0.25, 0.3) is 0 Å². The van der Waals surface area contributed by atoms with Crippen molar-refractivity contribution in [1.29, 1.82) is 0 Å². The molecular formula is C53H99N3O18. The van der Waals surface area contributed by atoms with Crippen LogP contribution in [-0.2, 0) is 80.9 Å². The Labute approximate surface area is 442 Å². The van der Waals surface area contributed by atoms with E-state index in [4.69, 9.17) is 57.2 Å². The van der Waals surface area contributed by atoms with Gasteiger partial charge in [0, 0.05) is 32.4 Å². The number of unbranched alkanes of at least 4 members (excludes halogenated alkanes) is 13. The fourth-order valence-corrected chi connectivity index (χ4v) is 6.76. The van der Waals surface area contributed by atoms with Crippen molar-refractivity contribution >= 4 is 35.6 Å². The van der Waals surface area contributed by atoms with E-state index in [2.05, 4.69) is 16.0 Å². The largest absolute Gasteiger partial charge is 0.480 e. The van der Waals surface area contributed by atoms with Crippen molar-refractivity contribution in [1.82, 2.24) is 16.0 Å². The molecule has 0 aliphatic carbocycles. The summed E-state index contributed by atoms with van der Waals surface area (Å²) in [5.74, 6) is -2.44. The molecule has 434 valence electrons. The van der Waals surface area contributed by atoms with Gasteiger partial charge in [0.25, 0.3) is 0 Å². The molecule has 4 N–H and O–H groups in total. The number of ether oxygens (including phenoxy) is 11. The molecule has 21 nitrogen and oxygen atoms in total. The molecule has 0 radical (unpaired) electrons. The molecule has 0 saturated carbocycles. The van der Waals surface area contributed by atoms with Gasteiger partial charge in [0.2, 0.25) is 17.7 Å². The number of hydrogen-bond donors (Lipinski definition) is 4. The number of carboxylic acids is 1. The van der Waals surface area contributed by atoms with Crippen LogP contribution in [0.1, 0.15) is 157 Å². The van der Waals surface area contributed by atoms with Gasteiger partial charge in [-0.25, -0.2) is 9.59 Å². The monoisotopic (exact) mass is 1070 g/mol. The molecule has 0 aromatic carbocycles. The Hall–Kier alpha value is -3.54. The van der Waals surface area contributed by atoms with E-state index in [0.717, 1.165) is 38.5 Å². The summed E-state index contributed by atoms with van der Waals surface area (Å²) in [6, 6.07) is -0.926. The Kier molecular flexibility index (Phi) is 46.7. The van der Waals surface area contributed by atoms with E-state index in [1.54, 1.807) is 20.8 Å². The van der Waals surface area contributed by atoms with Crippen molar-refractivity contribution in [2.45, 2.75) is 174 Å². The Balaban J connectivity index is 3.79. The molecule has 3 amide bonds. The molecule has 0 saturated heterocycles. The van der Waals surface area contributed by atoms with Crippen LogP contribution >= 0.6 is 0 Å². The number of nitrogens with one attached hydrogen (secondary N) is 3. The summed E-state index contributed by atoms with van der Waals surface area (Å²) in [4.78, 5) is 72.4. The lowest BCUT2D eigenvalue weighted by Crippen LogP contribution is -2.44. The van der Waals surface area contributed by atoms with Crippen LogP contribution in [0.15, 0.2) is 0 Å². The third-order valence-electron chi connectivity index (χ3n) is 10.3. The lowest BCUT2D eigenvalue weighted by molar-refractivity contribution is -0.159. The first-order chi connectivity index (χ1) is 35.5. The number of amides is 3. The molecular weight excluding hydrogens is 967 g/mol. The summed E-state index contributed by atoms with van der Waals surface area (Å²) in [7, 11) is 0. The van der Waals surface area contributed by atoms with Gasteiger partial charge in [0.15, 0.2) is 0 Å². The Morgan fingerprint density at radius 2 is 0.716 bits per heavy atom. The highest BCUT2D eigenvalue weighted by molar-refractivity contribution is 5.85.